The van der Waals surface area contributed by atoms with Gasteiger partial charge in [0.1, 0.15) is 5.75 Å². The second-order valence-electron chi connectivity index (χ2n) is 4.45. The highest BCUT2D eigenvalue weighted by Crippen LogP contribution is 2.23. The number of nitrogens with zero attached hydrogens (tertiary/aromatic N) is 1. The number of amides is 1. The summed E-state index contributed by atoms with van der Waals surface area (Å²) in [5, 5.41) is 9.80. The van der Waals surface area contributed by atoms with Gasteiger partial charge in [0.05, 0.1) is 16.7 Å². The first-order chi connectivity index (χ1) is 8.58. The lowest BCUT2D eigenvalue weighted by molar-refractivity contribution is 0.0562. The van der Waals surface area contributed by atoms with Gasteiger partial charge in [-0.2, -0.15) is 0 Å². The monoisotopic (exact) mass is 269 g/mol. The van der Waals surface area contributed by atoms with Gasteiger partial charge in [-0.3, -0.25) is 4.79 Å². The Hall–Kier alpha value is -1.26. The van der Waals surface area contributed by atoms with E-state index in [1.807, 2.05) is 6.92 Å². The average Bonchev–Trinajstić information content (AvgIpc) is 2.56. The van der Waals surface area contributed by atoms with E-state index < -0.39 is 0 Å². The molecule has 1 aliphatic heterocycles. The Kier molecular flexibility index (Phi) is 4.09. The fourth-order valence-corrected chi connectivity index (χ4v) is 2.22. The van der Waals surface area contributed by atoms with Crippen LogP contribution in [-0.4, -0.2) is 41.7 Å². The second-order valence-corrected chi connectivity index (χ2v) is 4.86. The van der Waals surface area contributed by atoms with Crippen molar-refractivity contribution in [1.82, 2.24) is 4.90 Å². The minimum atomic E-state index is -0.159. The summed E-state index contributed by atoms with van der Waals surface area (Å²) in [6, 6.07) is 4.40. The summed E-state index contributed by atoms with van der Waals surface area (Å²) in [7, 11) is 0. The molecule has 0 bridgehead atoms. The molecule has 0 spiro atoms. The van der Waals surface area contributed by atoms with Crippen LogP contribution in [0, 0.1) is 0 Å². The van der Waals surface area contributed by atoms with Gasteiger partial charge in [-0.05, 0) is 31.5 Å². The van der Waals surface area contributed by atoms with Gasteiger partial charge in [-0.15, -0.1) is 0 Å². The van der Waals surface area contributed by atoms with E-state index in [0.29, 0.717) is 30.3 Å². The van der Waals surface area contributed by atoms with Gasteiger partial charge in [0.15, 0.2) is 0 Å². The SMILES string of the molecule is CC1CN(C(=O)c2cc(O)ccc2Cl)CCCO1. The first-order valence-corrected chi connectivity index (χ1v) is 6.35. The van der Waals surface area contributed by atoms with Crippen LogP contribution in [0.2, 0.25) is 5.02 Å². The third-order valence-electron chi connectivity index (χ3n) is 2.92. The van der Waals surface area contributed by atoms with Gasteiger partial charge >= 0.3 is 0 Å². The molecule has 1 saturated heterocycles. The molecule has 0 aliphatic carbocycles. The maximum absolute atomic E-state index is 12.3. The van der Waals surface area contributed by atoms with Crippen LogP contribution in [0.15, 0.2) is 18.2 Å². The maximum Gasteiger partial charge on any atom is 0.255 e. The molecule has 98 valence electrons. The third-order valence-corrected chi connectivity index (χ3v) is 3.25. The summed E-state index contributed by atoms with van der Waals surface area (Å²) in [6.45, 7) is 3.80. The Morgan fingerprint density at radius 3 is 3.11 bits per heavy atom. The lowest BCUT2D eigenvalue weighted by atomic mass is 10.1. The number of hydrogen-bond acceptors (Lipinski definition) is 3. The van der Waals surface area contributed by atoms with Gasteiger partial charge in [0.25, 0.3) is 5.91 Å². The number of rotatable bonds is 1. The van der Waals surface area contributed by atoms with Gasteiger partial charge in [0.2, 0.25) is 0 Å². The van der Waals surface area contributed by atoms with Crippen LogP contribution in [0.5, 0.6) is 5.75 Å². The highest BCUT2D eigenvalue weighted by atomic mass is 35.5. The Morgan fingerprint density at radius 2 is 2.33 bits per heavy atom. The molecule has 4 nitrogen and oxygen atoms in total. The third kappa shape index (κ3) is 2.94. The van der Waals surface area contributed by atoms with Crippen LogP contribution in [-0.2, 0) is 4.74 Å². The fraction of sp³-hybridized carbons (Fsp3) is 0.462. The second kappa shape index (κ2) is 5.59. The number of carbonyl (C=O) groups is 1. The number of phenols is 1. The summed E-state index contributed by atoms with van der Waals surface area (Å²) >= 11 is 6.00. The number of benzene rings is 1. The summed E-state index contributed by atoms with van der Waals surface area (Å²) in [6.07, 6.45) is 0.833. The predicted molar refractivity (Wildman–Crippen MR) is 69.1 cm³/mol. The molecule has 1 heterocycles. The molecule has 18 heavy (non-hydrogen) atoms. The highest BCUT2D eigenvalue weighted by Gasteiger charge is 2.22. The van der Waals surface area contributed by atoms with Crippen molar-refractivity contribution in [1.29, 1.82) is 0 Å². The Balaban J connectivity index is 2.21. The van der Waals surface area contributed by atoms with Crippen molar-refractivity contribution < 1.29 is 14.6 Å². The molecule has 1 unspecified atom stereocenters. The zero-order valence-electron chi connectivity index (χ0n) is 10.2. The van der Waals surface area contributed by atoms with Gasteiger partial charge in [-0.1, -0.05) is 11.6 Å². The molecular weight excluding hydrogens is 254 g/mol. The van der Waals surface area contributed by atoms with Crippen LogP contribution in [0.1, 0.15) is 23.7 Å². The molecule has 2 rings (SSSR count). The normalized spacial score (nSPS) is 20.6. The largest absolute Gasteiger partial charge is 0.508 e. The van der Waals surface area contributed by atoms with Crippen molar-refractivity contribution in [2.24, 2.45) is 0 Å². The van der Waals surface area contributed by atoms with Crippen molar-refractivity contribution >= 4 is 17.5 Å². The van der Waals surface area contributed by atoms with Crippen LogP contribution < -0.4 is 0 Å². The number of hydrogen-bond donors (Lipinski definition) is 1. The minimum absolute atomic E-state index is 0.0209. The minimum Gasteiger partial charge on any atom is -0.508 e. The smallest absolute Gasteiger partial charge is 0.255 e. The lowest BCUT2D eigenvalue weighted by Crippen LogP contribution is -2.36. The molecule has 1 aliphatic rings. The zero-order chi connectivity index (χ0) is 13.1. The van der Waals surface area contributed by atoms with Crippen molar-refractivity contribution in [3.8, 4) is 5.75 Å². The summed E-state index contributed by atoms with van der Waals surface area (Å²) in [5.41, 5.74) is 0.339. The van der Waals surface area contributed by atoms with Crippen LogP contribution in [0.4, 0.5) is 0 Å². The Morgan fingerprint density at radius 1 is 1.56 bits per heavy atom. The number of carbonyl (C=O) groups excluding carboxylic acids is 1. The van der Waals surface area contributed by atoms with Crippen LogP contribution in [0.25, 0.3) is 0 Å². The molecule has 1 aromatic rings. The Bertz CT molecular complexity index is 450. The van der Waals surface area contributed by atoms with Crippen LogP contribution in [0.3, 0.4) is 0 Å². The van der Waals surface area contributed by atoms with E-state index in [2.05, 4.69) is 0 Å². The number of ether oxygens (including phenoxy) is 1. The van der Waals surface area contributed by atoms with E-state index in [1.165, 1.54) is 18.2 Å². The van der Waals surface area contributed by atoms with E-state index in [9.17, 15) is 9.90 Å². The quantitative estimate of drug-likeness (QED) is 0.851. The molecule has 1 atom stereocenters. The molecule has 5 heteroatoms. The molecule has 1 fully saturated rings. The molecule has 1 aromatic carbocycles. The average molecular weight is 270 g/mol. The number of phenolic OH excluding ortho intramolecular Hbond substituents is 1. The fourth-order valence-electron chi connectivity index (χ4n) is 2.03. The molecule has 1 amide bonds. The number of halogens is 1. The maximum atomic E-state index is 12.3. The van der Waals surface area contributed by atoms with Crippen molar-refractivity contribution in [2.75, 3.05) is 19.7 Å². The Labute approximate surface area is 111 Å². The topological polar surface area (TPSA) is 49.8 Å². The summed E-state index contributed by atoms with van der Waals surface area (Å²) in [5.74, 6) is -0.116. The lowest BCUT2D eigenvalue weighted by Gasteiger charge is -2.22. The molecule has 1 N–H and O–H groups in total. The van der Waals surface area contributed by atoms with E-state index >= 15 is 0 Å². The molecule has 0 radical (unpaired) electrons. The summed E-state index contributed by atoms with van der Waals surface area (Å²) < 4.78 is 5.50. The van der Waals surface area contributed by atoms with Crippen molar-refractivity contribution in [3.63, 3.8) is 0 Å². The highest BCUT2D eigenvalue weighted by molar-refractivity contribution is 6.33. The number of aromatic hydroxyl groups is 1. The first kappa shape index (κ1) is 13.2. The molecular formula is C13H16ClNO3. The molecule has 0 aromatic heterocycles. The van der Waals surface area contributed by atoms with E-state index in [1.54, 1.807) is 4.90 Å². The zero-order valence-corrected chi connectivity index (χ0v) is 11.0. The first-order valence-electron chi connectivity index (χ1n) is 5.97. The van der Waals surface area contributed by atoms with E-state index in [-0.39, 0.29) is 17.8 Å². The van der Waals surface area contributed by atoms with Crippen LogP contribution >= 0.6 is 11.6 Å². The molecule has 0 saturated carbocycles. The van der Waals surface area contributed by atoms with E-state index in [4.69, 9.17) is 16.3 Å². The van der Waals surface area contributed by atoms with E-state index in [0.717, 1.165) is 6.42 Å². The summed E-state index contributed by atoms with van der Waals surface area (Å²) in [4.78, 5) is 14.1. The predicted octanol–water partition coefficient (Wildman–Crippen LogP) is 2.30. The standard InChI is InChI=1S/C13H16ClNO3/c1-9-8-15(5-2-6-18-9)13(17)11-7-10(16)3-4-12(11)14/h3-4,7,9,16H,2,5-6,8H2,1H3. The van der Waals surface area contributed by atoms with Crippen molar-refractivity contribution in [2.45, 2.75) is 19.4 Å². The van der Waals surface area contributed by atoms with Gasteiger partial charge in [0, 0.05) is 19.7 Å². The van der Waals surface area contributed by atoms with Gasteiger partial charge in [-0.25, -0.2) is 0 Å². The van der Waals surface area contributed by atoms with Crippen molar-refractivity contribution in [3.05, 3.63) is 28.8 Å². The van der Waals surface area contributed by atoms with Gasteiger partial charge < -0.3 is 14.7 Å².